The number of amides is 1. The van der Waals surface area contributed by atoms with Crippen LogP contribution in [-0.4, -0.2) is 48.9 Å². The zero-order chi connectivity index (χ0) is 19.5. The van der Waals surface area contributed by atoms with Crippen LogP contribution >= 0.6 is 0 Å². The van der Waals surface area contributed by atoms with Crippen molar-refractivity contribution in [2.75, 3.05) is 43.8 Å². The molecule has 0 spiro atoms. The summed E-state index contributed by atoms with van der Waals surface area (Å²) in [7, 11) is 2.82. The van der Waals surface area contributed by atoms with Crippen LogP contribution in [0.4, 0.5) is 11.4 Å². The van der Waals surface area contributed by atoms with E-state index in [0.29, 0.717) is 28.4 Å². The molecule has 0 saturated heterocycles. The molecule has 140 valence electrons. The van der Waals surface area contributed by atoms with E-state index in [1.165, 1.54) is 30.5 Å². The van der Waals surface area contributed by atoms with Crippen molar-refractivity contribution in [1.29, 1.82) is 0 Å². The number of hydrogen-bond donors (Lipinski definition) is 0. The largest absolute Gasteiger partial charge is 0.493 e. The van der Waals surface area contributed by atoms with Crippen LogP contribution in [-0.2, 0) is 10.0 Å². The summed E-state index contributed by atoms with van der Waals surface area (Å²) in [4.78, 5) is 14.2. The molecule has 2 aromatic rings. The third-order valence-corrected chi connectivity index (χ3v) is 5.24. The Bertz CT molecular complexity index is 894. The SMILES string of the molecule is COc1ccc(C(=O)N(C)c2ccc(N(C)S(C)(=O)=O)cc2)cc1OC. The predicted molar refractivity (Wildman–Crippen MR) is 102 cm³/mol. The number of carbonyl (C=O) groups is 1. The number of nitrogens with zero attached hydrogens (tertiary/aromatic N) is 2. The molecular weight excluding hydrogens is 356 g/mol. The first-order valence-corrected chi connectivity index (χ1v) is 9.58. The van der Waals surface area contributed by atoms with Gasteiger partial charge >= 0.3 is 0 Å². The number of ether oxygens (including phenoxy) is 2. The van der Waals surface area contributed by atoms with E-state index < -0.39 is 10.0 Å². The number of methoxy groups -OCH3 is 2. The summed E-state index contributed by atoms with van der Waals surface area (Å²) in [6, 6.07) is 11.6. The van der Waals surface area contributed by atoms with Gasteiger partial charge in [-0.3, -0.25) is 9.10 Å². The molecule has 1 amide bonds. The third kappa shape index (κ3) is 4.08. The zero-order valence-corrected chi connectivity index (χ0v) is 16.2. The van der Waals surface area contributed by atoms with Gasteiger partial charge in [0.1, 0.15) is 0 Å². The van der Waals surface area contributed by atoms with Crippen LogP contribution in [0, 0.1) is 0 Å². The van der Waals surface area contributed by atoms with E-state index in [2.05, 4.69) is 0 Å². The topological polar surface area (TPSA) is 76.2 Å². The standard InChI is InChI=1S/C18H22N2O5S/c1-19(14-7-9-15(10-8-14)20(2)26(5,22)23)18(21)13-6-11-16(24-3)17(12-13)25-4/h6-12H,1-5H3. The van der Waals surface area contributed by atoms with Crippen LogP contribution in [0.5, 0.6) is 11.5 Å². The molecule has 26 heavy (non-hydrogen) atoms. The lowest BCUT2D eigenvalue weighted by atomic mass is 10.1. The van der Waals surface area contributed by atoms with E-state index in [1.807, 2.05) is 0 Å². The molecule has 7 nitrogen and oxygen atoms in total. The highest BCUT2D eigenvalue weighted by molar-refractivity contribution is 7.92. The van der Waals surface area contributed by atoms with E-state index in [9.17, 15) is 13.2 Å². The highest BCUT2D eigenvalue weighted by Gasteiger charge is 2.17. The number of carbonyl (C=O) groups excluding carboxylic acids is 1. The molecule has 0 aliphatic rings. The summed E-state index contributed by atoms with van der Waals surface area (Å²) in [5.74, 6) is 0.784. The van der Waals surface area contributed by atoms with E-state index in [-0.39, 0.29) is 5.91 Å². The maximum atomic E-state index is 12.7. The molecular formula is C18H22N2O5S. The molecule has 0 atom stereocenters. The monoisotopic (exact) mass is 378 g/mol. The van der Waals surface area contributed by atoms with Gasteiger partial charge in [-0.2, -0.15) is 0 Å². The summed E-state index contributed by atoms with van der Waals surface area (Å²) in [6.07, 6.45) is 1.13. The molecule has 0 N–H and O–H groups in total. The van der Waals surface area contributed by atoms with E-state index in [1.54, 1.807) is 49.5 Å². The molecule has 0 unspecified atom stereocenters. The van der Waals surface area contributed by atoms with E-state index >= 15 is 0 Å². The molecule has 8 heteroatoms. The van der Waals surface area contributed by atoms with Gasteiger partial charge in [0, 0.05) is 25.3 Å². The Morgan fingerprint density at radius 2 is 1.42 bits per heavy atom. The summed E-state index contributed by atoms with van der Waals surface area (Å²) in [5.41, 5.74) is 1.60. The lowest BCUT2D eigenvalue weighted by molar-refractivity contribution is 0.0992. The zero-order valence-electron chi connectivity index (χ0n) is 15.4. The van der Waals surface area contributed by atoms with Gasteiger partial charge in [0.2, 0.25) is 10.0 Å². The quantitative estimate of drug-likeness (QED) is 0.771. The van der Waals surface area contributed by atoms with Crippen LogP contribution in [0.25, 0.3) is 0 Å². The second-order valence-corrected chi connectivity index (χ2v) is 7.69. The minimum Gasteiger partial charge on any atom is -0.493 e. The molecule has 2 rings (SSSR count). The number of hydrogen-bond acceptors (Lipinski definition) is 5. The first-order chi connectivity index (χ1) is 12.2. The molecule has 0 saturated carbocycles. The Hall–Kier alpha value is -2.74. The van der Waals surface area contributed by atoms with Crippen LogP contribution in [0.2, 0.25) is 0 Å². The summed E-state index contributed by atoms with van der Waals surface area (Å²) < 4.78 is 34.8. The van der Waals surface area contributed by atoms with Gasteiger partial charge in [0.25, 0.3) is 5.91 Å². The molecule has 0 aliphatic heterocycles. The maximum Gasteiger partial charge on any atom is 0.258 e. The molecule has 0 bridgehead atoms. The van der Waals surface area contributed by atoms with Crippen molar-refractivity contribution >= 4 is 27.3 Å². The van der Waals surface area contributed by atoms with Gasteiger partial charge in [0.15, 0.2) is 11.5 Å². The van der Waals surface area contributed by atoms with E-state index in [4.69, 9.17) is 9.47 Å². The molecule has 0 radical (unpaired) electrons. The predicted octanol–water partition coefficient (Wildman–Crippen LogP) is 2.38. The summed E-state index contributed by atoms with van der Waals surface area (Å²) >= 11 is 0. The second kappa shape index (κ2) is 7.65. The molecule has 0 heterocycles. The average molecular weight is 378 g/mol. The van der Waals surface area contributed by atoms with Gasteiger partial charge in [-0.25, -0.2) is 8.42 Å². The fraction of sp³-hybridized carbons (Fsp3) is 0.278. The smallest absolute Gasteiger partial charge is 0.258 e. The van der Waals surface area contributed by atoms with Crippen LogP contribution in [0.1, 0.15) is 10.4 Å². The Kier molecular flexibility index (Phi) is 5.76. The Morgan fingerprint density at radius 1 is 0.885 bits per heavy atom. The van der Waals surface area contributed by atoms with Crippen molar-refractivity contribution in [2.45, 2.75) is 0 Å². The Labute approximate surface area is 153 Å². The molecule has 2 aromatic carbocycles. The van der Waals surface area contributed by atoms with Gasteiger partial charge in [-0.15, -0.1) is 0 Å². The highest BCUT2D eigenvalue weighted by atomic mass is 32.2. The molecule has 0 aliphatic carbocycles. The van der Waals surface area contributed by atoms with Crippen LogP contribution in [0.15, 0.2) is 42.5 Å². The van der Waals surface area contributed by atoms with Crippen molar-refractivity contribution in [3.63, 3.8) is 0 Å². The van der Waals surface area contributed by atoms with Crippen molar-refractivity contribution < 1.29 is 22.7 Å². The first-order valence-electron chi connectivity index (χ1n) is 7.73. The highest BCUT2D eigenvalue weighted by Crippen LogP contribution is 2.29. The number of sulfonamides is 1. The van der Waals surface area contributed by atoms with Crippen LogP contribution < -0.4 is 18.7 Å². The number of anilines is 2. The molecule has 0 fully saturated rings. The lowest BCUT2D eigenvalue weighted by Crippen LogP contribution is -2.27. The van der Waals surface area contributed by atoms with Crippen molar-refractivity contribution in [2.24, 2.45) is 0 Å². The summed E-state index contributed by atoms with van der Waals surface area (Å²) in [5, 5.41) is 0. The van der Waals surface area contributed by atoms with Crippen LogP contribution in [0.3, 0.4) is 0 Å². The summed E-state index contributed by atoms with van der Waals surface area (Å²) in [6.45, 7) is 0. The van der Waals surface area contributed by atoms with Gasteiger partial charge in [-0.05, 0) is 42.5 Å². The van der Waals surface area contributed by atoms with Gasteiger partial charge < -0.3 is 14.4 Å². The van der Waals surface area contributed by atoms with Gasteiger partial charge in [-0.1, -0.05) is 0 Å². The minimum atomic E-state index is -3.34. The minimum absolute atomic E-state index is 0.227. The van der Waals surface area contributed by atoms with E-state index in [0.717, 1.165) is 6.26 Å². The number of rotatable bonds is 6. The van der Waals surface area contributed by atoms with Gasteiger partial charge in [0.05, 0.1) is 26.2 Å². The first kappa shape index (κ1) is 19.6. The fourth-order valence-corrected chi connectivity index (χ4v) is 2.86. The Balaban J connectivity index is 2.26. The number of benzene rings is 2. The normalized spacial score (nSPS) is 11.0. The van der Waals surface area contributed by atoms with Crippen molar-refractivity contribution in [3.05, 3.63) is 48.0 Å². The maximum absolute atomic E-state index is 12.7. The molecule has 0 aromatic heterocycles. The third-order valence-electron chi connectivity index (χ3n) is 4.03. The Morgan fingerprint density at radius 3 is 1.92 bits per heavy atom. The average Bonchev–Trinajstić information content (AvgIpc) is 2.65. The second-order valence-electron chi connectivity index (χ2n) is 5.68. The van der Waals surface area contributed by atoms with Crippen molar-refractivity contribution in [3.8, 4) is 11.5 Å². The fourth-order valence-electron chi connectivity index (χ4n) is 2.36. The van der Waals surface area contributed by atoms with Crippen molar-refractivity contribution in [1.82, 2.24) is 0 Å². The lowest BCUT2D eigenvalue weighted by Gasteiger charge is -2.20.